The van der Waals surface area contributed by atoms with Crippen LogP contribution in [0.3, 0.4) is 0 Å². The van der Waals surface area contributed by atoms with E-state index >= 15 is 0 Å². The lowest BCUT2D eigenvalue weighted by molar-refractivity contribution is 0.100. The molecule has 0 atom stereocenters. The van der Waals surface area contributed by atoms with Gasteiger partial charge in [-0.1, -0.05) is 18.6 Å². The summed E-state index contributed by atoms with van der Waals surface area (Å²) < 4.78 is 14.3. The highest BCUT2D eigenvalue weighted by Gasteiger charge is 2.26. The van der Waals surface area contributed by atoms with Gasteiger partial charge in [-0.15, -0.1) is 0 Å². The number of rotatable bonds is 3. The maximum Gasteiger partial charge on any atom is 0.280 e. The Labute approximate surface area is 143 Å². The van der Waals surface area contributed by atoms with Gasteiger partial charge in [0.1, 0.15) is 11.6 Å². The molecule has 6 heteroatoms. The van der Waals surface area contributed by atoms with E-state index in [1.807, 2.05) is 6.07 Å². The minimum Gasteiger partial charge on any atom is -0.267 e. The van der Waals surface area contributed by atoms with Crippen molar-refractivity contribution >= 4 is 16.8 Å². The molecule has 1 heterocycles. The number of para-hydroxylation sites is 1. The van der Waals surface area contributed by atoms with Crippen molar-refractivity contribution < 1.29 is 9.18 Å². The summed E-state index contributed by atoms with van der Waals surface area (Å²) in [6, 6.07) is 12.3. The summed E-state index contributed by atoms with van der Waals surface area (Å²) in [5.74, 6) is -0.160. The van der Waals surface area contributed by atoms with Crippen molar-refractivity contribution in [3.8, 4) is 0 Å². The molecule has 1 saturated carbocycles. The van der Waals surface area contributed by atoms with Gasteiger partial charge >= 0.3 is 0 Å². The quantitative estimate of drug-likeness (QED) is 0.798. The zero-order valence-electron chi connectivity index (χ0n) is 13.4. The van der Waals surface area contributed by atoms with Crippen LogP contribution < -0.4 is 11.0 Å². The number of aromatic nitrogens is 2. The van der Waals surface area contributed by atoms with E-state index in [1.54, 1.807) is 18.2 Å². The highest BCUT2D eigenvalue weighted by molar-refractivity contribution is 6.00. The predicted octanol–water partition coefficient (Wildman–Crippen LogP) is 3.19. The zero-order chi connectivity index (χ0) is 17.4. The van der Waals surface area contributed by atoms with E-state index in [-0.39, 0.29) is 17.0 Å². The van der Waals surface area contributed by atoms with Crippen LogP contribution in [0, 0.1) is 5.82 Å². The van der Waals surface area contributed by atoms with Gasteiger partial charge in [0.2, 0.25) is 0 Å². The molecule has 1 fully saturated rings. The lowest BCUT2D eigenvalue weighted by Crippen LogP contribution is -2.38. The van der Waals surface area contributed by atoms with E-state index in [2.05, 4.69) is 10.4 Å². The molecule has 2 aromatic carbocycles. The molecule has 1 aromatic heterocycles. The standard InChI is InChI=1S/C19H16FN3O2/c20-14-10-8-13(9-11-14)18(24)22-23-17(12-4-3-5-12)21-16-7-2-1-6-15(16)19(23)25/h1-2,6-12H,3-5H2,(H,22,24). The summed E-state index contributed by atoms with van der Waals surface area (Å²) in [5, 5.41) is 0.449. The van der Waals surface area contributed by atoms with Gasteiger partial charge in [-0.25, -0.2) is 14.1 Å². The Morgan fingerprint density at radius 1 is 1.12 bits per heavy atom. The second kappa shape index (κ2) is 6.12. The smallest absolute Gasteiger partial charge is 0.267 e. The number of nitrogens with one attached hydrogen (secondary N) is 1. The molecule has 0 bridgehead atoms. The Bertz CT molecular complexity index is 1010. The molecule has 25 heavy (non-hydrogen) atoms. The van der Waals surface area contributed by atoms with Gasteiger partial charge in [-0.05, 0) is 49.2 Å². The first kappa shape index (κ1) is 15.5. The normalized spacial score (nSPS) is 14.3. The highest BCUT2D eigenvalue weighted by Crippen LogP contribution is 2.35. The monoisotopic (exact) mass is 337 g/mol. The summed E-state index contributed by atoms with van der Waals surface area (Å²) >= 11 is 0. The van der Waals surface area contributed by atoms with Crippen LogP contribution in [0.5, 0.6) is 0 Å². The van der Waals surface area contributed by atoms with E-state index in [1.165, 1.54) is 28.9 Å². The Hall–Kier alpha value is -3.02. The third-order valence-electron chi connectivity index (χ3n) is 4.59. The number of carbonyl (C=O) groups excluding carboxylic acids is 1. The molecular weight excluding hydrogens is 321 g/mol. The summed E-state index contributed by atoms with van der Waals surface area (Å²) in [6.45, 7) is 0. The third kappa shape index (κ3) is 2.80. The van der Waals surface area contributed by atoms with E-state index in [0.29, 0.717) is 16.7 Å². The minimum atomic E-state index is -0.472. The number of benzene rings is 2. The molecular formula is C19H16FN3O2. The average molecular weight is 337 g/mol. The van der Waals surface area contributed by atoms with E-state index < -0.39 is 11.7 Å². The average Bonchev–Trinajstić information content (AvgIpc) is 2.57. The fraction of sp³-hybridized carbons (Fsp3) is 0.211. The first-order valence-corrected chi connectivity index (χ1v) is 8.22. The van der Waals surface area contributed by atoms with E-state index in [9.17, 15) is 14.0 Å². The predicted molar refractivity (Wildman–Crippen MR) is 92.7 cm³/mol. The Morgan fingerprint density at radius 2 is 1.84 bits per heavy atom. The fourth-order valence-corrected chi connectivity index (χ4v) is 2.97. The van der Waals surface area contributed by atoms with Crippen LogP contribution in [0.25, 0.3) is 10.9 Å². The van der Waals surface area contributed by atoms with Crippen molar-refractivity contribution in [2.75, 3.05) is 5.43 Å². The third-order valence-corrected chi connectivity index (χ3v) is 4.59. The van der Waals surface area contributed by atoms with E-state index in [0.717, 1.165) is 19.3 Å². The maximum absolute atomic E-state index is 13.0. The van der Waals surface area contributed by atoms with Crippen molar-refractivity contribution in [1.82, 2.24) is 9.66 Å². The van der Waals surface area contributed by atoms with Gasteiger partial charge in [-0.3, -0.25) is 15.0 Å². The maximum atomic E-state index is 13.0. The first-order chi connectivity index (χ1) is 12.1. The Morgan fingerprint density at radius 3 is 2.52 bits per heavy atom. The molecule has 0 radical (unpaired) electrons. The zero-order valence-corrected chi connectivity index (χ0v) is 13.4. The van der Waals surface area contributed by atoms with E-state index in [4.69, 9.17) is 0 Å². The molecule has 1 aliphatic carbocycles. The summed E-state index contributed by atoms with van der Waals surface area (Å²) in [5.41, 5.74) is 3.24. The molecule has 1 N–H and O–H groups in total. The molecule has 0 unspecified atom stereocenters. The molecule has 0 saturated heterocycles. The molecule has 1 amide bonds. The van der Waals surface area contributed by atoms with Crippen molar-refractivity contribution in [3.63, 3.8) is 0 Å². The topological polar surface area (TPSA) is 64.0 Å². The Kier molecular flexibility index (Phi) is 3.80. The van der Waals surface area contributed by atoms with Crippen molar-refractivity contribution in [3.05, 3.63) is 76.1 Å². The van der Waals surface area contributed by atoms with Crippen LogP contribution in [0.2, 0.25) is 0 Å². The van der Waals surface area contributed by atoms with Crippen LogP contribution in [-0.4, -0.2) is 15.6 Å². The fourth-order valence-electron chi connectivity index (χ4n) is 2.97. The largest absolute Gasteiger partial charge is 0.280 e. The number of fused-ring (bicyclic) bond motifs is 1. The lowest BCUT2D eigenvalue weighted by atomic mass is 9.84. The van der Waals surface area contributed by atoms with Crippen LogP contribution in [0.4, 0.5) is 4.39 Å². The summed E-state index contributed by atoms with van der Waals surface area (Å²) in [4.78, 5) is 29.9. The first-order valence-electron chi connectivity index (χ1n) is 8.22. The molecule has 1 aliphatic rings. The lowest BCUT2D eigenvalue weighted by Gasteiger charge is -2.27. The van der Waals surface area contributed by atoms with Gasteiger partial charge in [0.25, 0.3) is 11.5 Å². The molecule has 0 spiro atoms. The Balaban J connectivity index is 1.79. The van der Waals surface area contributed by atoms with Crippen LogP contribution in [0.15, 0.2) is 53.3 Å². The number of carbonyl (C=O) groups is 1. The van der Waals surface area contributed by atoms with Crippen LogP contribution >= 0.6 is 0 Å². The number of hydrogen-bond donors (Lipinski definition) is 1. The molecule has 0 aliphatic heterocycles. The van der Waals surface area contributed by atoms with Crippen LogP contribution in [-0.2, 0) is 0 Å². The van der Waals surface area contributed by atoms with Crippen molar-refractivity contribution in [1.29, 1.82) is 0 Å². The second-order valence-electron chi connectivity index (χ2n) is 6.20. The van der Waals surface area contributed by atoms with Crippen molar-refractivity contribution in [2.45, 2.75) is 25.2 Å². The minimum absolute atomic E-state index is 0.158. The summed E-state index contributed by atoms with van der Waals surface area (Å²) in [6.07, 6.45) is 2.97. The van der Waals surface area contributed by atoms with Gasteiger partial charge < -0.3 is 0 Å². The van der Waals surface area contributed by atoms with Gasteiger partial charge in [-0.2, -0.15) is 0 Å². The van der Waals surface area contributed by atoms with Crippen LogP contribution in [0.1, 0.15) is 41.4 Å². The number of hydrogen-bond acceptors (Lipinski definition) is 3. The molecule has 4 rings (SSSR count). The van der Waals surface area contributed by atoms with Gasteiger partial charge in [0.05, 0.1) is 10.9 Å². The molecule has 3 aromatic rings. The molecule has 126 valence electrons. The molecule has 5 nitrogen and oxygen atoms in total. The van der Waals surface area contributed by atoms with Crippen molar-refractivity contribution in [2.24, 2.45) is 0 Å². The number of amides is 1. The van der Waals surface area contributed by atoms with Gasteiger partial charge in [0, 0.05) is 11.5 Å². The SMILES string of the molecule is O=C(Nn1c(C2CCC2)nc2ccccc2c1=O)c1ccc(F)cc1. The van der Waals surface area contributed by atoms with Gasteiger partial charge in [0.15, 0.2) is 0 Å². The highest BCUT2D eigenvalue weighted by atomic mass is 19.1. The summed E-state index contributed by atoms with van der Waals surface area (Å²) in [7, 11) is 0. The second-order valence-corrected chi connectivity index (χ2v) is 6.20. The number of halogens is 1. The number of nitrogens with zero attached hydrogens (tertiary/aromatic N) is 2.